The first-order valence-corrected chi connectivity index (χ1v) is 9.67. The van der Waals surface area contributed by atoms with Gasteiger partial charge in [-0.1, -0.05) is 13.8 Å². The Hall–Kier alpha value is -2.12. The van der Waals surface area contributed by atoms with Gasteiger partial charge in [0, 0.05) is 31.9 Å². The molecule has 1 N–H and O–H groups in total. The summed E-state index contributed by atoms with van der Waals surface area (Å²) < 4.78 is 5.12. The lowest BCUT2D eigenvalue weighted by Crippen LogP contribution is -2.54. The number of hydrogen-bond acceptors (Lipinski definition) is 5. The lowest BCUT2D eigenvalue weighted by atomic mass is 10.2. The fourth-order valence-corrected chi connectivity index (χ4v) is 3.29. The second kappa shape index (κ2) is 10.3. The zero-order valence-corrected chi connectivity index (χ0v) is 16.9. The quantitative estimate of drug-likeness (QED) is 0.745. The van der Waals surface area contributed by atoms with E-state index < -0.39 is 0 Å². The highest BCUT2D eigenvalue weighted by Gasteiger charge is 2.28. The van der Waals surface area contributed by atoms with Crippen molar-refractivity contribution >= 4 is 17.5 Å². The highest BCUT2D eigenvalue weighted by Crippen LogP contribution is 2.15. The Balaban J connectivity index is 1.88. The SMILES string of the molecule is CCN1CCN(C(=O)[C@@H](C)N(CC)CC(=O)Nc2ccc(OC)cc2)CC1. The van der Waals surface area contributed by atoms with Crippen molar-refractivity contribution in [2.75, 3.05) is 58.2 Å². The molecule has 2 rings (SSSR count). The molecule has 1 aliphatic heterocycles. The summed E-state index contributed by atoms with van der Waals surface area (Å²) in [7, 11) is 1.60. The molecule has 150 valence electrons. The molecule has 0 saturated carbocycles. The third-order valence-corrected chi connectivity index (χ3v) is 5.16. The molecule has 2 amide bonds. The smallest absolute Gasteiger partial charge is 0.239 e. The van der Waals surface area contributed by atoms with Crippen molar-refractivity contribution in [1.29, 1.82) is 0 Å². The van der Waals surface area contributed by atoms with E-state index in [2.05, 4.69) is 17.1 Å². The lowest BCUT2D eigenvalue weighted by Gasteiger charge is -2.37. The van der Waals surface area contributed by atoms with Crippen LogP contribution in [0.2, 0.25) is 0 Å². The van der Waals surface area contributed by atoms with Gasteiger partial charge in [0.15, 0.2) is 0 Å². The van der Waals surface area contributed by atoms with E-state index in [9.17, 15) is 9.59 Å². The molecular formula is C20H32N4O3. The van der Waals surface area contributed by atoms with Crippen LogP contribution in [0.15, 0.2) is 24.3 Å². The molecule has 7 nitrogen and oxygen atoms in total. The normalized spacial score (nSPS) is 16.3. The molecule has 1 aromatic rings. The molecule has 0 aromatic heterocycles. The molecule has 0 bridgehead atoms. The number of ether oxygens (including phenoxy) is 1. The van der Waals surface area contributed by atoms with Gasteiger partial charge in [-0.25, -0.2) is 0 Å². The van der Waals surface area contributed by atoms with Crippen LogP contribution in [0.5, 0.6) is 5.75 Å². The molecule has 1 heterocycles. The second-order valence-corrected chi connectivity index (χ2v) is 6.78. The topological polar surface area (TPSA) is 65.1 Å². The molecule has 0 spiro atoms. The summed E-state index contributed by atoms with van der Waals surface area (Å²) in [5.41, 5.74) is 0.714. The minimum Gasteiger partial charge on any atom is -0.497 e. The highest BCUT2D eigenvalue weighted by atomic mass is 16.5. The fraction of sp³-hybridized carbons (Fsp3) is 0.600. The van der Waals surface area contributed by atoms with Crippen molar-refractivity contribution in [3.63, 3.8) is 0 Å². The van der Waals surface area contributed by atoms with Crippen molar-refractivity contribution in [3.05, 3.63) is 24.3 Å². The molecule has 0 aliphatic carbocycles. The van der Waals surface area contributed by atoms with Crippen LogP contribution < -0.4 is 10.1 Å². The Kier molecular flexibility index (Phi) is 8.06. The number of rotatable bonds is 8. The summed E-state index contributed by atoms with van der Waals surface area (Å²) in [6.45, 7) is 11.2. The number of hydrogen-bond donors (Lipinski definition) is 1. The Morgan fingerprint density at radius 2 is 1.78 bits per heavy atom. The van der Waals surface area contributed by atoms with Gasteiger partial charge in [-0.2, -0.15) is 0 Å². The lowest BCUT2D eigenvalue weighted by molar-refractivity contribution is -0.138. The van der Waals surface area contributed by atoms with Crippen LogP contribution in [0.4, 0.5) is 5.69 Å². The van der Waals surface area contributed by atoms with Crippen LogP contribution in [0, 0.1) is 0 Å². The van der Waals surface area contributed by atoms with Crippen LogP contribution >= 0.6 is 0 Å². The fourth-order valence-electron chi connectivity index (χ4n) is 3.29. The average Bonchev–Trinajstić information content (AvgIpc) is 2.71. The Bertz CT molecular complexity index is 612. The number of benzene rings is 1. The molecule has 0 unspecified atom stereocenters. The molecule has 1 saturated heterocycles. The molecule has 1 aromatic carbocycles. The van der Waals surface area contributed by atoms with E-state index in [1.807, 2.05) is 23.6 Å². The van der Waals surface area contributed by atoms with E-state index in [0.29, 0.717) is 12.2 Å². The molecule has 1 aliphatic rings. The molecule has 7 heteroatoms. The maximum absolute atomic E-state index is 12.8. The molecule has 0 radical (unpaired) electrons. The summed E-state index contributed by atoms with van der Waals surface area (Å²) in [6, 6.07) is 6.89. The van der Waals surface area contributed by atoms with Gasteiger partial charge >= 0.3 is 0 Å². The summed E-state index contributed by atoms with van der Waals surface area (Å²) in [4.78, 5) is 31.4. The van der Waals surface area contributed by atoms with Gasteiger partial charge in [-0.15, -0.1) is 0 Å². The minimum atomic E-state index is -0.315. The first kappa shape index (κ1) is 21.2. The van der Waals surface area contributed by atoms with E-state index >= 15 is 0 Å². The van der Waals surface area contributed by atoms with Crippen LogP contribution in [0.25, 0.3) is 0 Å². The Labute approximate surface area is 162 Å². The minimum absolute atomic E-state index is 0.102. The van der Waals surface area contributed by atoms with E-state index in [4.69, 9.17) is 4.74 Å². The summed E-state index contributed by atoms with van der Waals surface area (Å²) in [5, 5.41) is 2.88. The second-order valence-electron chi connectivity index (χ2n) is 6.78. The van der Waals surface area contributed by atoms with Gasteiger partial charge in [0.25, 0.3) is 0 Å². The van der Waals surface area contributed by atoms with E-state index in [1.54, 1.807) is 31.4 Å². The Morgan fingerprint density at radius 3 is 2.30 bits per heavy atom. The van der Waals surface area contributed by atoms with E-state index in [0.717, 1.165) is 38.5 Å². The maximum atomic E-state index is 12.8. The summed E-state index contributed by atoms with van der Waals surface area (Å²) in [5.74, 6) is 0.716. The number of likely N-dealkylation sites (N-methyl/N-ethyl adjacent to an activating group) is 2. The number of nitrogens with one attached hydrogen (secondary N) is 1. The number of methoxy groups -OCH3 is 1. The van der Waals surface area contributed by atoms with Gasteiger partial charge in [-0.05, 0) is 44.3 Å². The number of piperazine rings is 1. The molecule has 1 atom stereocenters. The number of nitrogens with zero attached hydrogens (tertiary/aromatic N) is 3. The average molecular weight is 377 g/mol. The number of carbonyl (C=O) groups is 2. The highest BCUT2D eigenvalue weighted by molar-refractivity contribution is 5.93. The van der Waals surface area contributed by atoms with Crippen molar-refractivity contribution < 1.29 is 14.3 Å². The third kappa shape index (κ3) is 5.94. The standard InChI is InChI=1S/C20H32N4O3/c1-5-22-11-13-24(14-12-22)20(26)16(3)23(6-2)15-19(25)21-17-7-9-18(27-4)10-8-17/h7-10,16H,5-6,11-15H2,1-4H3,(H,21,25)/t16-/m1/s1. The van der Waals surface area contributed by atoms with Gasteiger partial charge in [0.2, 0.25) is 11.8 Å². The Morgan fingerprint density at radius 1 is 1.15 bits per heavy atom. The molecule has 27 heavy (non-hydrogen) atoms. The first-order valence-electron chi connectivity index (χ1n) is 9.67. The largest absolute Gasteiger partial charge is 0.497 e. The van der Waals surface area contributed by atoms with Gasteiger partial charge in [-0.3, -0.25) is 14.5 Å². The maximum Gasteiger partial charge on any atom is 0.239 e. The number of carbonyl (C=O) groups excluding carboxylic acids is 2. The first-order chi connectivity index (χ1) is 13.0. The monoisotopic (exact) mass is 376 g/mol. The van der Waals surface area contributed by atoms with Crippen molar-refractivity contribution in [2.24, 2.45) is 0 Å². The molecule has 1 fully saturated rings. The van der Waals surface area contributed by atoms with E-state index in [1.165, 1.54) is 0 Å². The van der Waals surface area contributed by atoms with Gasteiger partial charge < -0.3 is 19.9 Å². The van der Waals surface area contributed by atoms with Gasteiger partial charge in [0.1, 0.15) is 5.75 Å². The zero-order valence-electron chi connectivity index (χ0n) is 16.9. The van der Waals surface area contributed by atoms with Crippen LogP contribution in [0.1, 0.15) is 20.8 Å². The molecular weight excluding hydrogens is 344 g/mol. The third-order valence-electron chi connectivity index (χ3n) is 5.16. The van der Waals surface area contributed by atoms with Crippen molar-refractivity contribution in [1.82, 2.24) is 14.7 Å². The predicted octanol–water partition coefficient (Wildman–Crippen LogP) is 1.51. The van der Waals surface area contributed by atoms with Crippen LogP contribution in [0.3, 0.4) is 0 Å². The van der Waals surface area contributed by atoms with Crippen molar-refractivity contribution in [2.45, 2.75) is 26.8 Å². The summed E-state index contributed by atoms with van der Waals surface area (Å²) in [6.07, 6.45) is 0. The van der Waals surface area contributed by atoms with E-state index in [-0.39, 0.29) is 24.4 Å². The van der Waals surface area contributed by atoms with Gasteiger partial charge in [0.05, 0.1) is 19.7 Å². The zero-order chi connectivity index (χ0) is 19.8. The predicted molar refractivity (Wildman–Crippen MR) is 107 cm³/mol. The number of amides is 2. The van der Waals surface area contributed by atoms with Crippen LogP contribution in [-0.4, -0.2) is 85.5 Å². The number of anilines is 1. The summed E-state index contributed by atoms with van der Waals surface area (Å²) >= 11 is 0. The van der Waals surface area contributed by atoms with Crippen molar-refractivity contribution in [3.8, 4) is 5.75 Å². The van der Waals surface area contributed by atoms with Crippen LogP contribution in [-0.2, 0) is 9.59 Å².